The van der Waals surface area contributed by atoms with Crippen LogP contribution in [0.15, 0.2) is 53.5 Å². The van der Waals surface area contributed by atoms with E-state index in [4.69, 9.17) is 14.5 Å². The number of benzene rings is 2. The molecule has 0 radical (unpaired) electrons. The standard InChI is InChI=1S/C20H23N3O2.BrH/c1-24-16-8-10-17(11-9-16)25-15-14-23-19-7-3-2-6-18(19)22-13-5-4-12-21-20(22)23;/h2-3,6-11H,4-5,12-15H2,1H3;1H. The maximum Gasteiger partial charge on any atom is 0.205 e. The summed E-state index contributed by atoms with van der Waals surface area (Å²) in [7, 11) is 1.67. The molecule has 0 bridgehead atoms. The highest BCUT2D eigenvalue weighted by molar-refractivity contribution is 8.93. The summed E-state index contributed by atoms with van der Waals surface area (Å²) in [4.78, 5) is 9.45. The van der Waals surface area contributed by atoms with Gasteiger partial charge in [-0.05, 0) is 49.2 Å². The summed E-state index contributed by atoms with van der Waals surface area (Å²) in [6.07, 6.45) is 2.33. The second-order valence-electron chi connectivity index (χ2n) is 6.20. The van der Waals surface area contributed by atoms with Crippen molar-refractivity contribution in [3.8, 4) is 11.5 Å². The smallest absolute Gasteiger partial charge is 0.205 e. The Bertz CT molecular complexity index is 764. The van der Waals surface area contributed by atoms with Gasteiger partial charge in [-0.15, -0.1) is 17.0 Å². The minimum Gasteiger partial charge on any atom is -0.497 e. The average Bonchev–Trinajstić information content (AvgIpc) is 2.81. The molecular weight excluding hydrogens is 394 g/mol. The van der Waals surface area contributed by atoms with Crippen LogP contribution in [0.4, 0.5) is 11.4 Å². The largest absolute Gasteiger partial charge is 0.497 e. The molecule has 138 valence electrons. The van der Waals surface area contributed by atoms with Gasteiger partial charge in [0.05, 0.1) is 25.0 Å². The molecular formula is C20H24BrN3O2. The third kappa shape index (κ3) is 3.65. The molecule has 0 saturated heterocycles. The number of hydrogen-bond donors (Lipinski definition) is 0. The van der Waals surface area contributed by atoms with E-state index < -0.39 is 0 Å². The maximum absolute atomic E-state index is 5.92. The summed E-state index contributed by atoms with van der Waals surface area (Å²) in [6, 6.07) is 16.2. The Morgan fingerprint density at radius 1 is 0.962 bits per heavy atom. The summed E-state index contributed by atoms with van der Waals surface area (Å²) in [6.45, 7) is 3.31. The maximum atomic E-state index is 5.92. The molecule has 2 aromatic carbocycles. The summed E-state index contributed by atoms with van der Waals surface area (Å²) < 4.78 is 11.1. The topological polar surface area (TPSA) is 37.3 Å². The van der Waals surface area contributed by atoms with Gasteiger partial charge in [-0.2, -0.15) is 0 Å². The van der Waals surface area contributed by atoms with Crippen LogP contribution in [0.5, 0.6) is 11.5 Å². The first-order valence-electron chi connectivity index (χ1n) is 8.82. The van der Waals surface area contributed by atoms with Crippen LogP contribution < -0.4 is 19.3 Å². The number of fused-ring (bicyclic) bond motifs is 3. The van der Waals surface area contributed by atoms with Crippen molar-refractivity contribution in [2.45, 2.75) is 12.8 Å². The number of nitrogens with zero attached hydrogens (tertiary/aromatic N) is 3. The molecule has 6 heteroatoms. The Kier molecular flexibility index (Phi) is 6.04. The van der Waals surface area contributed by atoms with Crippen molar-refractivity contribution in [2.24, 2.45) is 4.99 Å². The van der Waals surface area contributed by atoms with Crippen molar-refractivity contribution in [3.05, 3.63) is 48.5 Å². The number of methoxy groups -OCH3 is 1. The number of ether oxygens (including phenoxy) is 2. The monoisotopic (exact) mass is 417 g/mol. The lowest BCUT2D eigenvalue weighted by atomic mass is 10.2. The van der Waals surface area contributed by atoms with E-state index in [9.17, 15) is 0 Å². The predicted molar refractivity (Wildman–Crippen MR) is 111 cm³/mol. The van der Waals surface area contributed by atoms with Crippen LogP contribution in [0.2, 0.25) is 0 Å². The summed E-state index contributed by atoms with van der Waals surface area (Å²) in [5.74, 6) is 2.76. The molecule has 4 rings (SSSR count). The molecule has 2 aliphatic rings. The summed E-state index contributed by atoms with van der Waals surface area (Å²) >= 11 is 0. The van der Waals surface area contributed by atoms with Gasteiger partial charge in [-0.25, -0.2) is 0 Å². The Hall–Kier alpha value is -2.21. The summed E-state index contributed by atoms with van der Waals surface area (Å²) in [5.41, 5.74) is 2.48. The molecule has 2 aromatic rings. The van der Waals surface area contributed by atoms with E-state index in [1.54, 1.807) is 7.11 Å². The molecule has 0 saturated carbocycles. The van der Waals surface area contributed by atoms with E-state index in [0.29, 0.717) is 6.61 Å². The number of aliphatic imine (C=N–C) groups is 1. The van der Waals surface area contributed by atoms with Crippen LogP contribution in [0, 0.1) is 0 Å². The number of hydrogen-bond acceptors (Lipinski definition) is 5. The normalized spacial score (nSPS) is 15.3. The number of anilines is 2. The number of guanidine groups is 1. The fraction of sp³-hybridized carbons (Fsp3) is 0.350. The zero-order valence-corrected chi connectivity index (χ0v) is 16.6. The van der Waals surface area contributed by atoms with Crippen molar-refractivity contribution in [1.29, 1.82) is 0 Å². The molecule has 5 nitrogen and oxygen atoms in total. The first kappa shape index (κ1) is 18.6. The van der Waals surface area contributed by atoms with Crippen LogP contribution in [0.25, 0.3) is 0 Å². The minimum atomic E-state index is 0. The van der Waals surface area contributed by atoms with Crippen LogP contribution in [-0.2, 0) is 0 Å². The molecule has 0 unspecified atom stereocenters. The van der Waals surface area contributed by atoms with Crippen molar-refractivity contribution >= 4 is 34.3 Å². The fourth-order valence-electron chi connectivity index (χ4n) is 3.38. The van der Waals surface area contributed by atoms with Gasteiger partial charge in [0.1, 0.15) is 18.1 Å². The molecule has 0 atom stereocenters. The Balaban J connectivity index is 0.00000196. The number of halogens is 1. The minimum absolute atomic E-state index is 0. The van der Waals surface area contributed by atoms with Crippen LogP contribution >= 0.6 is 17.0 Å². The molecule has 0 amide bonds. The Morgan fingerprint density at radius 2 is 1.69 bits per heavy atom. The SMILES string of the molecule is Br.COc1ccc(OCCN2C3=NCCCCN3c3ccccc32)cc1. The molecule has 2 aliphatic heterocycles. The van der Waals surface area contributed by atoms with Crippen molar-refractivity contribution in [3.63, 3.8) is 0 Å². The highest BCUT2D eigenvalue weighted by Gasteiger charge is 2.32. The lowest BCUT2D eigenvalue weighted by Gasteiger charge is -2.22. The van der Waals surface area contributed by atoms with Crippen LogP contribution in [-0.4, -0.2) is 39.3 Å². The van der Waals surface area contributed by atoms with Gasteiger partial charge in [-0.1, -0.05) is 12.1 Å². The van der Waals surface area contributed by atoms with Gasteiger partial charge < -0.3 is 19.3 Å². The van der Waals surface area contributed by atoms with E-state index in [1.165, 1.54) is 17.8 Å². The fourth-order valence-corrected chi connectivity index (χ4v) is 3.38. The van der Waals surface area contributed by atoms with Gasteiger partial charge >= 0.3 is 0 Å². The molecule has 0 aromatic heterocycles. The first-order valence-corrected chi connectivity index (χ1v) is 8.82. The van der Waals surface area contributed by atoms with Crippen molar-refractivity contribution in [2.75, 3.05) is 43.2 Å². The molecule has 0 spiro atoms. The van der Waals surface area contributed by atoms with Crippen molar-refractivity contribution < 1.29 is 9.47 Å². The predicted octanol–water partition coefficient (Wildman–Crippen LogP) is 4.13. The van der Waals surface area contributed by atoms with Crippen molar-refractivity contribution in [1.82, 2.24) is 0 Å². The van der Waals surface area contributed by atoms with Gasteiger partial charge in [0.25, 0.3) is 0 Å². The third-order valence-electron chi connectivity index (χ3n) is 4.63. The lowest BCUT2D eigenvalue weighted by Crippen LogP contribution is -2.40. The Morgan fingerprint density at radius 3 is 2.46 bits per heavy atom. The second kappa shape index (κ2) is 8.45. The lowest BCUT2D eigenvalue weighted by molar-refractivity contribution is 0.327. The molecule has 0 N–H and O–H groups in total. The van der Waals surface area contributed by atoms with Gasteiger partial charge in [0, 0.05) is 13.1 Å². The molecule has 2 heterocycles. The average molecular weight is 418 g/mol. The van der Waals surface area contributed by atoms with Crippen LogP contribution in [0.3, 0.4) is 0 Å². The molecule has 0 fully saturated rings. The quantitative estimate of drug-likeness (QED) is 0.732. The van der Waals surface area contributed by atoms with E-state index in [2.05, 4.69) is 34.1 Å². The Labute approximate surface area is 165 Å². The van der Waals surface area contributed by atoms with Gasteiger partial charge in [0.15, 0.2) is 0 Å². The van der Waals surface area contributed by atoms with Gasteiger partial charge in [0.2, 0.25) is 5.96 Å². The highest BCUT2D eigenvalue weighted by Crippen LogP contribution is 2.37. The molecule has 0 aliphatic carbocycles. The highest BCUT2D eigenvalue weighted by atomic mass is 79.9. The van der Waals surface area contributed by atoms with Crippen LogP contribution in [0.1, 0.15) is 12.8 Å². The van der Waals surface area contributed by atoms with E-state index in [1.807, 2.05) is 24.3 Å². The van der Waals surface area contributed by atoms with E-state index in [0.717, 1.165) is 43.5 Å². The van der Waals surface area contributed by atoms with E-state index in [-0.39, 0.29) is 17.0 Å². The number of rotatable bonds is 5. The second-order valence-corrected chi connectivity index (χ2v) is 6.20. The third-order valence-corrected chi connectivity index (χ3v) is 4.63. The van der Waals surface area contributed by atoms with E-state index >= 15 is 0 Å². The zero-order valence-electron chi connectivity index (χ0n) is 14.9. The first-order chi connectivity index (χ1) is 12.4. The zero-order chi connectivity index (χ0) is 17.1. The van der Waals surface area contributed by atoms with Gasteiger partial charge in [-0.3, -0.25) is 4.99 Å². The number of para-hydroxylation sites is 2. The summed E-state index contributed by atoms with van der Waals surface area (Å²) in [5, 5.41) is 0. The molecule has 26 heavy (non-hydrogen) atoms.